The first-order valence-electron chi connectivity index (χ1n) is 10.6. The van der Waals surface area contributed by atoms with Gasteiger partial charge in [-0.3, -0.25) is 9.59 Å². The summed E-state index contributed by atoms with van der Waals surface area (Å²) in [6.45, 7) is 2.66. The van der Waals surface area contributed by atoms with E-state index in [2.05, 4.69) is 5.32 Å². The molecule has 2 aliphatic heterocycles. The minimum atomic E-state index is -3.66. The van der Waals surface area contributed by atoms with E-state index in [1.54, 1.807) is 0 Å². The van der Waals surface area contributed by atoms with Crippen molar-refractivity contribution in [2.75, 3.05) is 26.2 Å². The van der Waals surface area contributed by atoms with Gasteiger partial charge in [0.05, 0.1) is 11.4 Å². The van der Waals surface area contributed by atoms with Gasteiger partial charge < -0.3 is 14.8 Å². The third-order valence-electron chi connectivity index (χ3n) is 5.79. The van der Waals surface area contributed by atoms with E-state index in [0.717, 1.165) is 0 Å². The summed E-state index contributed by atoms with van der Waals surface area (Å²) >= 11 is 0. The van der Waals surface area contributed by atoms with Gasteiger partial charge in [0.1, 0.15) is 12.7 Å². The predicted molar refractivity (Wildman–Crippen MR) is 117 cm³/mol. The Balaban J connectivity index is 1.27. The Morgan fingerprint density at radius 3 is 2.34 bits per heavy atom. The summed E-state index contributed by atoms with van der Waals surface area (Å²) in [7, 11) is -3.66. The summed E-state index contributed by atoms with van der Waals surface area (Å²) in [5.74, 6) is 0.885. The van der Waals surface area contributed by atoms with E-state index in [-0.39, 0.29) is 41.7 Å². The number of hydrogen-bond acceptors (Lipinski definition) is 6. The zero-order valence-corrected chi connectivity index (χ0v) is 18.6. The molecule has 1 atom stereocenters. The van der Waals surface area contributed by atoms with E-state index >= 15 is 0 Å². The van der Waals surface area contributed by atoms with E-state index < -0.39 is 10.0 Å². The number of sulfonamides is 1. The summed E-state index contributed by atoms with van der Waals surface area (Å²) in [6.07, 6.45) is 0.621. The van der Waals surface area contributed by atoms with Gasteiger partial charge in [-0.1, -0.05) is 24.3 Å². The van der Waals surface area contributed by atoms with Gasteiger partial charge in [-0.05, 0) is 44.0 Å². The molecule has 1 N–H and O–H groups in total. The maximum atomic E-state index is 12.9. The number of nitrogens with one attached hydrogen (secondary N) is 1. The average molecular weight is 459 g/mol. The quantitative estimate of drug-likeness (QED) is 0.666. The lowest BCUT2D eigenvalue weighted by atomic mass is 9.97. The molecule has 0 spiro atoms. The number of ether oxygens (including phenoxy) is 2. The van der Waals surface area contributed by atoms with Crippen molar-refractivity contribution in [3.63, 3.8) is 0 Å². The Morgan fingerprint density at radius 1 is 1.03 bits per heavy atom. The normalized spacial score (nSPS) is 19.3. The first-order valence-corrected chi connectivity index (χ1v) is 12.1. The van der Waals surface area contributed by atoms with Gasteiger partial charge in [0.2, 0.25) is 15.9 Å². The SMILES string of the molecule is CC(=O)c1ccc(S(=O)(=O)N2CCC(C(=O)NCC3COc4ccccc4O3)CC2)cc1. The molecular formula is C23H26N2O6S. The van der Waals surface area contributed by atoms with Crippen LogP contribution in [0.25, 0.3) is 0 Å². The van der Waals surface area contributed by atoms with Crippen LogP contribution in [0.4, 0.5) is 0 Å². The van der Waals surface area contributed by atoms with Gasteiger partial charge in [0.15, 0.2) is 17.3 Å². The minimum Gasteiger partial charge on any atom is -0.486 e. The van der Waals surface area contributed by atoms with E-state index in [9.17, 15) is 18.0 Å². The van der Waals surface area contributed by atoms with Crippen molar-refractivity contribution in [1.82, 2.24) is 9.62 Å². The first-order chi connectivity index (χ1) is 15.3. The smallest absolute Gasteiger partial charge is 0.243 e. The van der Waals surface area contributed by atoms with Crippen LogP contribution in [0.1, 0.15) is 30.1 Å². The number of Topliss-reactive ketones (excluding diaryl/α,β-unsaturated/α-hetero) is 1. The van der Waals surface area contributed by atoms with Gasteiger partial charge in [-0.15, -0.1) is 0 Å². The third-order valence-corrected chi connectivity index (χ3v) is 7.71. The number of fused-ring (bicyclic) bond motifs is 1. The van der Waals surface area contributed by atoms with Gasteiger partial charge in [-0.2, -0.15) is 4.31 Å². The molecule has 170 valence electrons. The minimum absolute atomic E-state index is 0.102. The molecule has 1 saturated heterocycles. The van der Waals surface area contributed by atoms with Crippen LogP contribution in [-0.4, -0.2) is 56.8 Å². The third kappa shape index (κ3) is 4.78. The highest BCUT2D eigenvalue weighted by molar-refractivity contribution is 7.89. The number of carbonyl (C=O) groups is 2. The lowest BCUT2D eigenvalue weighted by molar-refractivity contribution is -0.126. The molecule has 0 bridgehead atoms. The maximum Gasteiger partial charge on any atom is 0.243 e. The number of piperidine rings is 1. The van der Waals surface area contributed by atoms with Crippen LogP contribution in [-0.2, 0) is 14.8 Å². The molecule has 2 aliphatic rings. The molecule has 0 saturated carbocycles. The largest absolute Gasteiger partial charge is 0.486 e. The molecule has 4 rings (SSSR count). The van der Waals surface area contributed by atoms with Crippen LogP contribution in [0.5, 0.6) is 11.5 Å². The number of ketones is 1. The number of nitrogens with zero attached hydrogens (tertiary/aromatic N) is 1. The summed E-state index contributed by atoms with van der Waals surface area (Å²) in [6, 6.07) is 13.3. The standard InChI is InChI=1S/C23H26N2O6S/c1-16(26)17-6-8-20(9-7-17)32(28,29)25-12-10-18(11-13-25)23(27)24-14-19-15-30-21-4-2-3-5-22(21)31-19/h2-9,18-19H,10-15H2,1H3,(H,24,27). The van der Waals surface area contributed by atoms with E-state index in [0.29, 0.717) is 43.1 Å². The van der Waals surface area contributed by atoms with E-state index in [1.807, 2.05) is 24.3 Å². The molecule has 1 fully saturated rings. The summed E-state index contributed by atoms with van der Waals surface area (Å²) in [5.41, 5.74) is 0.468. The topological polar surface area (TPSA) is 102 Å². The zero-order chi connectivity index (χ0) is 22.7. The van der Waals surface area contributed by atoms with Gasteiger partial charge in [0.25, 0.3) is 0 Å². The number of para-hydroxylation sites is 2. The van der Waals surface area contributed by atoms with E-state index in [4.69, 9.17) is 9.47 Å². The molecule has 0 aliphatic carbocycles. The summed E-state index contributed by atoms with van der Waals surface area (Å²) in [4.78, 5) is 24.2. The molecule has 1 unspecified atom stereocenters. The second kappa shape index (κ2) is 9.30. The van der Waals surface area contributed by atoms with Crippen LogP contribution in [0.2, 0.25) is 0 Å². The van der Waals surface area contributed by atoms with Gasteiger partial charge in [-0.25, -0.2) is 8.42 Å². The van der Waals surface area contributed by atoms with Crippen molar-refractivity contribution in [2.45, 2.75) is 30.8 Å². The maximum absolute atomic E-state index is 12.9. The fraction of sp³-hybridized carbons (Fsp3) is 0.391. The number of rotatable bonds is 6. The van der Waals surface area contributed by atoms with Crippen molar-refractivity contribution in [2.24, 2.45) is 5.92 Å². The van der Waals surface area contributed by atoms with Crippen molar-refractivity contribution >= 4 is 21.7 Å². The molecule has 2 heterocycles. The molecule has 1 amide bonds. The van der Waals surface area contributed by atoms with Crippen molar-refractivity contribution in [3.05, 3.63) is 54.1 Å². The highest BCUT2D eigenvalue weighted by Crippen LogP contribution is 2.31. The second-order valence-corrected chi connectivity index (χ2v) is 9.94. The fourth-order valence-electron chi connectivity index (χ4n) is 3.89. The van der Waals surface area contributed by atoms with Crippen LogP contribution in [0.15, 0.2) is 53.4 Å². The monoisotopic (exact) mass is 458 g/mol. The van der Waals surface area contributed by atoms with Crippen molar-refractivity contribution in [3.8, 4) is 11.5 Å². The Labute approximate surface area is 187 Å². The van der Waals surface area contributed by atoms with Crippen LogP contribution >= 0.6 is 0 Å². The molecule has 0 radical (unpaired) electrons. The Morgan fingerprint density at radius 2 is 1.69 bits per heavy atom. The lowest BCUT2D eigenvalue weighted by Crippen LogP contribution is -2.46. The van der Waals surface area contributed by atoms with Crippen molar-refractivity contribution < 1.29 is 27.5 Å². The second-order valence-electron chi connectivity index (χ2n) is 8.00. The zero-order valence-electron chi connectivity index (χ0n) is 17.8. The predicted octanol–water partition coefficient (Wildman–Crippen LogP) is 2.25. The summed E-state index contributed by atoms with van der Waals surface area (Å²) in [5, 5.41) is 2.91. The highest BCUT2D eigenvalue weighted by Gasteiger charge is 2.32. The molecule has 32 heavy (non-hydrogen) atoms. The molecule has 2 aromatic carbocycles. The van der Waals surface area contributed by atoms with Crippen LogP contribution < -0.4 is 14.8 Å². The number of hydrogen-bond donors (Lipinski definition) is 1. The Hall–Kier alpha value is -2.91. The van der Waals surface area contributed by atoms with Crippen molar-refractivity contribution in [1.29, 1.82) is 0 Å². The molecule has 9 heteroatoms. The van der Waals surface area contributed by atoms with E-state index in [1.165, 1.54) is 35.5 Å². The summed E-state index contributed by atoms with van der Waals surface area (Å²) < 4.78 is 38.7. The highest BCUT2D eigenvalue weighted by atomic mass is 32.2. The number of amides is 1. The molecule has 0 aromatic heterocycles. The molecule has 8 nitrogen and oxygen atoms in total. The Kier molecular flexibility index (Phi) is 6.48. The Bertz CT molecular complexity index is 1090. The average Bonchev–Trinajstić information content (AvgIpc) is 2.82. The molecular weight excluding hydrogens is 432 g/mol. The molecule has 2 aromatic rings. The van der Waals surface area contributed by atoms with Gasteiger partial charge >= 0.3 is 0 Å². The number of benzene rings is 2. The fourth-order valence-corrected chi connectivity index (χ4v) is 5.36. The van der Waals surface area contributed by atoms with Crippen LogP contribution in [0, 0.1) is 5.92 Å². The van der Waals surface area contributed by atoms with Gasteiger partial charge in [0, 0.05) is 24.6 Å². The lowest BCUT2D eigenvalue weighted by Gasteiger charge is -2.31. The number of carbonyl (C=O) groups excluding carboxylic acids is 2. The van der Waals surface area contributed by atoms with Crippen LogP contribution in [0.3, 0.4) is 0 Å². The first kappa shape index (κ1) is 22.3.